The fourth-order valence-electron chi connectivity index (χ4n) is 2.74. The van der Waals surface area contributed by atoms with E-state index < -0.39 is 0 Å². The first-order valence-electron chi connectivity index (χ1n) is 8.59. The van der Waals surface area contributed by atoms with Crippen LogP contribution in [0.15, 0.2) is 28.7 Å². The summed E-state index contributed by atoms with van der Waals surface area (Å²) in [6, 6.07) is 7.25. The van der Waals surface area contributed by atoms with Gasteiger partial charge in [0.1, 0.15) is 0 Å². The molecule has 7 nitrogen and oxygen atoms in total. The quantitative estimate of drug-likeness (QED) is 0.818. The lowest BCUT2D eigenvalue weighted by atomic mass is 10.1. The predicted molar refractivity (Wildman–Crippen MR) is 96.0 cm³/mol. The monoisotopic (exact) mass is 376 g/mol. The summed E-state index contributed by atoms with van der Waals surface area (Å²) in [5.41, 5.74) is 0.921. The Hall–Kier alpha value is -2.41. The fraction of sp³-hybridized carbons (Fsp3) is 0.444. The van der Waals surface area contributed by atoms with Crippen LogP contribution in [0.3, 0.4) is 0 Å². The Balaban J connectivity index is 1.53. The molecule has 26 heavy (non-hydrogen) atoms. The molecule has 1 aliphatic rings. The molecule has 2 aromatic rings. The molecule has 8 heteroatoms. The van der Waals surface area contributed by atoms with Gasteiger partial charge in [-0.1, -0.05) is 37.6 Å². The SMILES string of the molecule is CC(C)c1nnc(C(=O)N2CCN(C(=O)Cc3ccc(Cl)cc3)CC2)o1. The number of aromatic nitrogens is 2. The van der Waals surface area contributed by atoms with Gasteiger partial charge in [-0.15, -0.1) is 10.2 Å². The first-order valence-corrected chi connectivity index (χ1v) is 8.96. The van der Waals surface area contributed by atoms with Crippen LogP contribution in [-0.4, -0.2) is 58.0 Å². The van der Waals surface area contributed by atoms with Gasteiger partial charge in [-0.25, -0.2) is 0 Å². The van der Waals surface area contributed by atoms with E-state index in [9.17, 15) is 9.59 Å². The Labute approximate surface area is 156 Å². The van der Waals surface area contributed by atoms with E-state index in [4.69, 9.17) is 16.0 Å². The molecule has 0 bridgehead atoms. The molecule has 0 atom stereocenters. The smallest absolute Gasteiger partial charge is 0.311 e. The number of carbonyl (C=O) groups is 2. The lowest BCUT2D eigenvalue weighted by molar-refractivity contribution is -0.131. The maximum absolute atomic E-state index is 12.4. The van der Waals surface area contributed by atoms with E-state index >= 15 is 0 Å². The van der Waals surface area contributed by atoms with E-state index in [1.165, 1.54) is 0 Å². The van der Waals surface area contributed by atoms with Crippen LogP contribution in [0.2, 0.25) is 5.02 Å². The average molecular weight is 377 g/mol. The predicted octanol–water partition coefficient (Wildman–Crippen LogP) is 2.37. The number of carbonyl (C=O) groups excluding carboxylic acids is 2. The Morgan fingerprint density at radius 2 is 1.69 bits per heavy atom. The molecule has 138 valence electrons. The number of nitrogens with zero attached hydrogens (tertiary/aromatic N) is 4. The second-order valence-electron chi connectivity index (χ2n) is 6.58. The van der Waals surface area contributed by atoms with Gasteiger partial charge in [0.05, 0.1) is 6.42 Å². The Morgan fingerprint density at radius 3 is 2.27 bits per heavy atom. The maximum Gasteiger partial charge on any atom is 0.311 e. The molecule has 1 aliphatic heterocycles. The molecule has 2 amide bonds. The lowest BCUT2D eigenvalue weighted by Gasteiger charge is -2.34. The highest BCUT2D eigenvalue weighted by Crippen LogP contribution is 2.15. The van der Waals surface area contributed by atoms with Gasteiger partial charge in [0, 0.05) is 37.1 Å². The van der Waals surface area contributed by atoms with E-state index in [1.54, 1.807) is 21.9 Å². The van der Waals surface area contributed by atoms with E-state index in [1.807, 2.05) is 26.0 Å². The van der Waals surface area contributed by atoms with Crippen LogP contribution >= 0.6 is 11.6 Å². The third-order valence-electron chi connectivity index (χ3n) is 4.31. The first kappa shape index (κ1) is 18.4. The van der Waals surface area contributed by atoms with Gasteiger partial charge in [-0.3, -0.25) is 9.59 Å². The average Bonchev–Trinajstić information content (AvgIpc) is 3.13. The fourth-order valence-corrected chi connectivity index (χ4v) is 2.86. The molecule has 1 aromatic carbocycles. The minimum atomic E-state index is -0.283. The number of hydrogen-bond donors (Lipinski definition) is 0. The van der Waals surface area contributed by atoms with Gasteiger partial charge in [0.2, 0.25) is 11.8 Å². The zero-order chi connectivity index (χ0) is 18.7. The van der Waals surface area contributed by atoms with E-state index in [0.717, 1.165) is 5.56 Å². The highest BCUT2D eigenvalue weighted by atomic mass is 35.5. The Kier molecular flexibility index (Phi) is 5.56. The molecule has 0 radical (unpaired) electrons. The highest BCUT2D eigenvalue weighted by molar-refractivity contribution is 6.30. The molecule has 1 aromatic heterocycles. The van der Waals surface area contributed by atoms with Crippen molar-refractivity contribution < 1.29 is 14.0 Å². The number of hydrogen-bond acceptors (Lipinski definition) is 5. The molecule has 0 aliphatic carbocycles. The second kappa shape index (κ2) is 7.86. The van der Waals surface area contributed by atoms with Crippen LogP contribution in [0.4, 0.5) is 0 Å². The minimum absolute atomic E-state index is 0.00893. The first-order chi connectivity index (χ1) is 12.4. The summed E-state index contributed by atoms with van der Waals surface area (Å²) in [6.45, 7) is 5.72. The number of piperazine rings is 1. The van der Waals surface area contributed by atoms with Crippen molar-refractivity contribution in [3.63, 3.8) is 0 Å². The molecule has 0 spiro atoms. The van der Waals surface area contributed by atoms with Crippen molar-refractivity contribution >= 4 is 23.4 Å². The van der Waals surface area contributed by atoms with Crippen molar-refractivity contribution in [1.82, 2.24) is 20.0 Å². The molecular formula is C18H21ClN4O3. The number of halogens is 1. The maximum atomic E-state index is 12.4. The van der Waals surface area contributed by atoms with Gasteiger partial charge in [-0.05, 0) is 17.7 Å². The standard InChI is InChI=1S/C18H21ClN4O3/c1-12(2)16-20-21-17(26-16)18(25)23-9-7-22(8-10-23)15(24)11-13-3-5-14(19)6-4-13/h3-6,12H,7-11H2,1-2H3. The zero-order valence-electron chi connectivity index (χ0n) is 14.8. The Morgan fingerprint density at radius 1 is 1.08 bits per heavy atom. The summed E-state index contributed by atoms with van der Waals surface area (Å²) in [7, 11) is 0. The van der Waals surface area contributed by atoms with Crippen LogP contribution in [0.5, 0.6) is 0 Å². The van der Waals surface area contributed by atoms with E-state index in [-0.39, 0.29) is 23.6 Å². The minimum Gasteiger partial charge on any atom is -0.417 e. The molecule has 0 N–H and O–H groups in total. The van der Waals surface area contributed by atoms with Crippen molar-refractivity contribution in [2.75, 3.05) is 26.2 Å². The summed E-state index contributed by atoms with van der Waals surface area (Å²) >= 11 is 5.86. The van der Waals surface area contributed by atoms with Gasteiger partial charge in [-0.2, -0.15) is 0 Å². The Bertz CT molecular complexity index is 780. The van der Waals surface area contributed by atoms with Gasteiger partial charge >= 0.3 is 11.8 Å². The summed E-state index contributed by atoms with van der Waals surface area (Å²) in [5.74, 6) is 0.291. The van der Waals surface area contributed by atoms with E-state index in [2.05, 4.69) is 10.2 Å². The topological polar surface area (TPSA) is 79.5 Å². The molecular weight excluding hydrogens is 356 g/mol. The number of rotatable bonds is 4. The van der Waals surface area contributed by atoms with Crippen molar-refractivity contribution in [1.29, 1.82) is 0 Å². The summed E-state index contributed by atoms with van der Waals surface area (Å²) in [4.78, 5) is 28.3. The zero-order valence-corrected chi connectivity index (χ0v) is 15.6. The third kappa shape index (κ3) is 4.22. The molecule has 1 fully saturated rings. The van der Waals surface area contributed by atoms with Crippen molar-refractivity contribution in [2.45, 2.75) is 26.2 Å². The molecule has 0 saturated carbocycles. The highest BCUT2D eigenvalue weighted by Gasteiger charge is 2.28. The van der Waals surface area contributed by atoms with Crippen LogP contribution in [0.25, 0.3) is 0 Å². The van der Waals surface area contributed by atoms with Gasteiger partial charge in [0.15, 0.2) is 0 Å². The van der Waals surface area contributed by atoms with Crippen molar-refractivity contribution in [3.8, 4) is 0 Å². The van der Waals surface area contributed by atoms with Crippen LogP contribution in [0, 0.1) is 0 Å². The molecule has 1 saturated heterocycles. The van der Waals surface area contributed by atoms with Crippen molar-refractivity contribution in [2.24, 2.45) is 0 Å². The summed E-state index contributed by atoms with van der Waals surface area (Å²) in [5, 5.41) is 8.37. The largest absolute Gasteiger partial charge is 0.417 e. The van der Waals surface area contributed by atoms with Crippen LogP contribution in [-0.2, 0) is 11.2 Å². The molecule has 0 unspecified atom stereocenters. The van der Waals surface area contributed by atoms with Gasteiger partial charge in [0.25, 0.3) is 0 Å². The number of amides is 2. The summed E-state index contributed by atoms with van der Waals surface area (Å²) < 4.78 is 5.42. The van der Waals surface area contributed by atoms with Crippen LogP contribution < -0.4 is 0 Å². The molecule has 3 rings (SSSR count). The van der Waals surface area contributed by atoms with Gasteiger partial charge < -0.3 is 14.2 Å². The third-order valence-corrected chi connectivity index (χ3v) is 4.56. The van der Waals surface area contributed by atoms with E-state index in [0.29, 0.717) is 43.5 Å². The second-order valence-corrected chi connectivity index (χ2v) is 7.01. The summed E-state index contributed by atoms with van der Waals surface area (Å²) in [6.07, 6.45) is 0.326. The number of benzene rings is 1. The lowest BCUT2D eigenvalue weighted by Crippen LogP contribution is -2.51. The van der Waals surface area contributed by atoms with Crippen molar-refractivity contribution in [3.05, 3.63) is 46.6 Å². The molecule has 2 heterocycles. The normalized spacial score (nSPS) is 14.8. The van der Waals surface area contributed by atoms with Crippen LogP contribution in [0.1, 0.15) is 41.9 Å².